The van der Waals surface area contributed by atoms with Gasteiger partial charge in [0.05, 0.1) is 7.11 Å². The monoisotopic (exact) mass is 299 g/mol. The van der Waals surface area contributed by atoms with Crippen LogP contribution in [0.25, 0.3) is 11.4 Å². The Morgan fingerprint density at radius 1 is 0.818 bits per heavy atom. The van der Waals surface area contributed by atoms with E-state index in [0.717, 1.165) is 67.3 Å². The summed E-state index contributed by atoms with van der Waals surface area (Å²) in [5.41, 5.74) is 1.01. The van der Waals surface area contributed by atoms with Crippen molar-refractivity contribution in [2.75, 3.05) is 7.11 Å². The molecule has 0 fully saturated rings. The summed E-state index contributed by atoms with van der Waals surface area (Å²) in [5, 5.41) is 0. The highest BCUT2D eigenvalue weighted by Gasteiger charge is 2.08. The van der Waals surface area contributed by atoms with E-state index in [1.54, 1.807) is 7.11 Å². The molecule has 0 N–H and O–H groups in total. The predicted octanol–water partition coefficient (Wildman–Crippen LogP) is 4.23. The Kier molecular flexibility index (Phi) is 6.31. The number of benzene rings is 1. The number of hydrogen-bond acceptors (Lipinski definition) is 4. The number of nitrogens with zero attached hydrogens (tertiary/aromatic N) is 3. The van der Waals surface area contributed by atoms with E-state index in [4.69, 9.17) is 4.74 Å². The summed E-state index contributed by atoms with van der Waals surface area (Å²) in [5.74, 6) is 3.44. The normalized spacial score (nSPS) is 10.7. The largest absolute Gasteiger partial charge is 0.497 e. The van der Waals surface area contributed by atoms with Crippen molar-refractivity contribution in [3.05, 3.63) is 35.9 Å². The lowest BCUT2D eigenvalue weighted by atomic mass is 10.2. The molecule has 2 rings (SSSR count). The summed E-state index contributed by atoms with van der Waals surface area (Å²) in [7, 11) is 1.67. The Morgan fingerprint density at radius 3 is 1.82 bits per heavy atom. The molecule has 1 aromatic carbocycles. The third-order valence-electron chi connectivity index (χ3n) is 3.58. The quantitative estimate of drug-likeness (QED) is 0.731. The van der Waals surface area contributed by atoms with Crippen molar-refractivity contribution in [1.29, 1.82) is 0 Å². The van der Waals surface area contributed by atoms with E-state index in [9.17, 15) is 0 Å². The summed E-state index contributed by atoms with van der Waals surface area (Å²) >= 11 is 0. The van der Waals surface area contributed by atoms with Crippen LogP contribution in [0.15, 0.2) is 24.3 Å². The average molecular weight is 299 g/mol. The van der Waals surface area contributed by atoms with Gasteiger partial charge in [-0.2, -0.15) is 0 Å². The van der Waals surface area contributed by atoms with Crippen LogP contribution >= 0.6 is 0 Å². The number of hydrogen-bond donors (Lipinski definition) is 0. The Balaban J connectivity index is 2.30. The molecule has 1 heterocycles. The van der Waals surface area contributed by atoms with Crippen LogP contribution in [0, 0.1) is 0 Å². The molecule has 4 heteroatoms. The third-order valence-corrected chi connectivity index (χ3v) is 3.58. The van der Waals surface area contributed by atoms with Crippen molar-refractivity contribution in [2.24, 2.45) is 0 Å². The van der Waals surface area contributed by atoms with Crippen LogP contribution in [0.1, 0.15) is 51.2 Å². The van der Waals surface area contributed by atoms with Gasteiger partial charge in [0, 0.05) is 18.4 Å². The third kappa shape index (κ3) is 4.52. The molecule has 22 heavy (non-hydrogen) atoms. The fourth-order valence-corrected chi connectivity index (χ4v) is 2.23. The van der Waals surface area contributed by atoms with Gasteiger partial charge in [-0.05, 0) is 37.1 Å². The standard InChI is InChI=1S/C18H25N3O/c1-4-6-8-16-19-17(9-7-5-2)21-18(20-16)14-10-12-15(22-3)13-11-14/h10-13H,4-9H2,1-3H3. The topological polar surface area (TPSA) is 47.9 Å². The van der Waals surface area contributed by atoms with Crippen molar-refractivity contribution in [3.8, 4) is 17.1 Å². The van der Waals surface area contributed by atoms with Gasteiger partial charge in [0.1, 0.15) is 17.4 Å². The van der Waals surface area contributed by atoms with Gasteiger partial charge in [0.25, 0.3) is 0 Å². The van der Waals surface area contributed by atoms with Gasteiger partial charge in [-0.25, -0.2) is 15.0 Å². The molecule has 0 saturated heterocycles. The Bertz CT molecular complexity index is 555. The molecule has 0 bridgehead atoms. The first-order valence-corrected chi connectivity index (χ1v) is 8.15. The molecule has 0 amide bonds. The van der Waals surface area contributed by atoms with Gasteiger partial charge in [-0.3, -0.25) is 0 Å². The number of aromatic nitrogens is 3. The van der Waals surface area contributed by atoms with E-state index in [1.807, 2.05) is 24.3 Å². The number of aryl methyl sites for hydroxylation is 2. The highest BCUT2D eigenvalue weighted by molar-refractivity contribution is 5.56. The van der Waals surface area contributed by atoms with Crippen molar-refractivity contribution >= 4 is 0 Å². The molecule has 0 aliphatic rings. The maximum atomic E-state index is 5.21. The number of unbranched alkanes of at least 4 members (excludes halogenated alkanes) is 2. The number of methoxy groups -OCH3 is 1. The average Bonchev–Trinajstić information content (AvgIpc) is 2.58. The molecular weight excluding hydrogens is 274 g/mol. The SMILES string of the molecule is CCCCc1nc(CCCC)nc(-c2ccc(OC)cc2)n1. The zero-order valence-corrected chi connectivity index (χ0v) is 13.8. The zero-order chi connectivity index (χ0) is 15.8. The number of rotatable bonds is 8. The molecule has 2 aromatic rings. The molecule has 0 atom stereocenters. The van der Waals surface area contributed by atoms with Crippen molar-refractivity contribution < 1.29 is 4.74 Å². The lowest BCUT2D eigenvalue weighted by Gasteiger charge is -2.08. The van der Waals surface area contributed by atoms with Gasteiger partial charge >= 0.3 is 0 Å². The van der Waals surface area contributed by atoms with Crippen LogP contribution in [0.5, 0.6) is 5.75 Å². The smallest absolute Gasteiger partial charge is 0.163 e. The van der Waals surface area contributed by atoms with E-state index in [0.29, 0.717) is 0 Å². The van der Waals surface area contributed by atoms with E-state index in [-0.39, 0.29) is 0 Å². The van der Waals surface area contributed by atoms with E-state index >= 15 is 0 Å². The summed E-state index contributed by atoms with van der Waals surface area (Å²) < 4.78 is 5.21. The second-order valence-corrected chi connectivity index (χ2v) is 5.43. The fraction of sp³-hybridized carbons (Fsp3) is 0.500. The molecule has 1 aromatic heterocycles. The Labute approximate surface area is 133 Å². The summed E-state index contributed by atoms with van der Waals surface area (Å²) in [6, 6.07) is 7.88. The van der Waals surface area contributed by atoms with Gasteiger partial charge in [-0.15, -0.1) is 0 Å². The second kappa shape index (κ2) is 8.47. The minimum atomic E-state index is 0.773. The van der Waals surface area contributed by atoms with E-state index < -0.39 is 0 Å². The van der Waals surface area contributed by atoms with Crippen LogP contribution in [-0.2, 0) is 12.8 Å². The molecule has 0 spiro atoms. The highest BCUT2D eigenvalue weighted by Crippen LogP contribution is 2.20. The molecule has 118 valence electrons. The fourth-order valence-electron chi connectivity index (χ4n) is 2.23. The predicted molar refractivity (Wildman–Crippen MR) is 89.0 cm³/mol. The summed E-state index contributed by atoms with van der Waals surface area (Å²) in [6.07, 6.45) is 6.35. The zero-order valence-electron chi connectivity index (χ0n) is 13.8. The first kappa shape index (κ1) is 16.4. The lowest BCUT2D eigenvalue weighted by Crippen LogP contribution is -2.06. The van der Waals surface area contributed by atoms with Gasteiger partial charge < -0.3 is 4.74 Å². The van der Waals surface area contributed by atoms with Crippen molar-refractivity contribution in [3.63, 3.8) is 0 Å². The molecule has 0 aliphatic carbocycles. The number of ether oxygens (including phenoxy) is 1. The van der Waals surface area contributed by atoms with Crippen LogP contribution in [0.3, 0.4) is 0 Å². The first-order valence-electron chi connectivity index (χ1n) is 8.15. The summed E-state index contributed by atoms with van der Waals surface area (Å²) in [4.78, 5) is 13.9. The highest BCUT2D eigenvalue weighted by atomic mass is 16.5. The van der Waals surface area contributed by atoms with Crippen LogP contribution < -0.4 is 4.74 Å². The van der Waals surface area contributed by atoms with Gasteiger partial charge in [0.2, 0.25) is 0 Å². The molecule has 0 saturated carbocycles. The van der Waals surface area contributed by atoms with Crippen LogP contribution in [0.2, 0.25) is 0 Å². The van der Waals surface area contributed by atoms with E-state index in [1.165, 1.54) is 0 Å². The molecular formula is C18H25N3O. The Morgan fingerprint density at radius 2 is 1.36 bits per heavy atom. The molecule has 4 nitrogen and oxygen atoms in total. The Hall–Kier alpha value is -1.97. The minimum absolute atomic E-state index is 0.773. The maximum Gasteiger partial charge on any atom is 0.163 e. The molecule has 0 radical (unpaired) electrons. The van der Waals surface area contributed by atoms with Crippen LogP contribution in [0.4, 0.5) is 0 Å². The minimum Gasteiger partial charge on any atom is -0.497 e. The lowest BCUT2D eigenvalue weighted by molar-refractivity contribution is 0.415. The van der Waals surface area contributed by atoms with Crippen LogP contribution in [-0.4, -0.2) is 22.1 Å². The van der Waals surface area contributed by atoms with Crippen molar-refractivity contribution in [1.82, 2.24) is 15.0 Å². The first-order chi connectivity index (χ1) is 10.8. The van der Waals surface area contributed by atoms with Crippen molar-refractivity contribution in [2.45, 2.75) is 52.4 Å². The molecule has 0 unspecified atom stereocenters. The van der Waals surface area contributed by atoms with Gasteiger partial charge in [-0.1, -0.05) is 26.7 Å². The molecule has 0 aliphatic heterocycles. The summed E-state index contributed by atoms with van der Waals surface area (Å²) in [6.45, 7) is 4.37. The van der Waals surface area contributed by atoms with E-state index in [2.05, 4.69) is 28.8 Å². The second-order valence-electron chi connectivity index (χ2n) is 5.43. The maximum absolute atomic E-state index is 5.21. The van der Waals surface area contributed by atoms with Gasteiger partial charge in [0.15, 0.2) is 5.82 Å².